The van der Waals surface area contributed by atoms with E-state index in [1.807, 2.05) is 30.3 Å². The number of amides is 2. The fourth-order valence-electron chi connectivity index (χ4n) is 2.77. The zero-order valence-electron chi connectivity index (χ0n) is 16.2. The number of hydrogen-bond acceptors (Lipinski definition) is 6. The molecule has 0 radical (unpaired) electrons. The molecule has 2 aromatic carbocycles. The number of phenols is 1. The molecule has 0 aliphatic heterocycles. The minimum absolute atomic E-state index is 0.0160. The average molecular weight is 432 g/mol. The molecule has 2 aromatic rings. The summed E-state index contributed by atoms with van der Waals surface area (Å²) < 4.78 is 0. The molecule has 0 spiro atoms. The van der Waals surface area contributed by atoms with Crippen molar-refractivity contribution in [3.63, 3.8) is 0 Å². The lowest BCUT2D eigenvalue weighted by atomic mass is 10.0. The summed E-state index contributed by atoms with van der Waals surface area (Å²) in [5.41, 5.74) is 7.44. The summed E-state index contributed by atoms with van der Waals surface area (Å²) in [6, 6.07) is 12.1. The van der Waals surface area contributed by atoms with Gasteiger partial charge >= 0.3 is 5.97 Å². The SMILES string of the molecule is NC(Cc1ccccc1)C(=O)NC(CS)C(=O)NC(Cc1ccc(O)cc1)C(=O)O. The van der Waals surface area contributed by atoms with Gasteiger partial charge in [0, 0.05) is 12.2 Å². The lowest BCUT2D eigenvalue weighted by Gasteiger charge is -2.22. The monoisotopic (exact) mass is 431 g/mol. The molecule has 2 rings (SSSR count). The number of benzene rings is 2. The van der Waals surface area contributed by atoms with Crippen LogP contribution in [-0.2, 0) is 27.2 Å². The Hall–Kier alpha value is -3.04. The standard InChI is InChI=1S/C21H25N3O5S/c22-16(10-13-4-2-1-3-5-13)19(26)24-18(12-30)20(27)23-17(21(28)29)11-14-6-8-15(25)9-7-14/h1-9,16-18,25,30H,10-12,22H2,(H,23,27)(H,24,26)(H,28,29). The molecule has 0 fully saturated rings. The Kier molecular flexibility index (Phi) is 8.70. The van der Waals surface area contributed by atoms with Crippen LogP contribution < -0.4 is 16.4 Å². The molecule has 2 amide bonds. The molecular formula is C21H25N3O5S. The van der Waals surface area contributed by atoms with E-state index in [1.165, 1.54) is 12.1 Å². The summed E-state index contributed by atoms with van der Waals surface area (Å²) in [5, 5.41) is 23.7. The van der Waals surface area contributed by atoms with E-state index in [4.69, 9.17) is 5.73 Å². The highest BCUT2D eigenvalue weighted by Gasteiger charge is 2.27. The van der Waals surface area contributed by atoms with Gasteiger partial charge in [0.15, 0.2) is 0 Å². The maximum absolute atomic E-state index is 12.5. The molecular weight excluding hydrogens is 406 g/mol. The van der Waals surface area contributed by atoms with E-state index in [0.717, 1.165) is 5.56 Å². The Balaban J connectivity index is 1.96. The Bertz CT molecular complexity index is 861. The van der Waals surface area contributed by atoms with Crippen molar-refractivity contribution in [1.82, 2.24) is 10.6 Å². The van der Waals surface area contributed by atoms with Gasteiger partial charge in [-0.3, -0.25) is 9.59 Å². The Morgan fingerprint density at radius 3 is 2.00 bits per heavy atom. The molecule has 8 nitrogen and oxygen atoms in total. The number of carboxylic acids is 1. The second-order valence-corrected chi connectivity index (χ2v) is 7.18. The van der Waals surface area contributed by atoms with Crippen LogP contribution in [0.15, 0.2) is 54.6 Å². The first-order valence-corrected chi connectivity index (χ1v) is 9.95. The second kappa shape index (κ2) is 11.2. The molecule has 6 N–H and O–H groups in total. The van der Waals surface area contributed by atoms with Crippen molar-refractivity contribution in [1.29, 1.82) is 0 Å². The number of aromatic hydroxyl groups is 1. The van der Waals surface area contributed by atoms with E-state index >= 15 is 0 Å². The Morgan fingerprint density at radius 1 is 0.867 bits per heavy atom. The molecule has 0 aliphatic rings. The minimum Gasteiger partial charge on any atom is -0.508 e. The largest absolute Gasteiger partial charge is 0.508 e. The van der Waals surface area contributed by atoms with Gasteiger partial charge in [-0.2, -0.15) is 12.6 Å². The average Bonchev–Trinajstić information content (AvgIpc) is 2.73. The van der Waals surface area contributed by atoms with Gasteiger partial charge in [0.2, 0.25) is 11.8 Å². The van der Waals surface area contributed by atoms with Gasteiger partial charge in [-0.25, -0.2) is 4.79 Å². The molecule has 30 heavy (non-hydrogen) atoms. The Morgan fingerprint density at radius 2 is 1.43 bits per heavy atom. The number of hydrogen-bond donors (Lipinski definition) is 6. The van der Waals surface area contributed by atoms with E-state index in [2.05, 4.69) is 23.3 Å². The molecule has 160 valence electrons. The molecule has 3 unspecified atom stereocenters. The van der Waals surface area contributed by atoms with Gasteiger partial charge in [0.25, 0.3) is 0 Å². The maximum atomic E-state index is 12.5. The van der Waals surface area contributed by atoms with Gasteiger partial charge < -0.3 is 26.6 Å². The summed E-state index contributed by atoms with van der Waals surface area (Å²) in [5.74, 6) is -2.39. The highest BCUT2D eigenvalue weighted by Crippen LogP contribution is 2.11. The number of carbonyl (C=O) groups excluding carboxylic acids is 2. The van der Waals surface area contributed by atoms with Crippen LogP contribution in [0.4, 0.5) is 0 Å². The predicted octanol–water partition coefficient (Wildman–Crippen LogP) is 0.489. The van der Waals surface area contributed by atoms with Crippen molar-refractivity contribution in [3.05, 3.63) is 65.7 Å². The fraction of sp³-hybridized carbons (Fsp3) is 0.286. The number of rotatable bonds is 10. The molecule has 0 aromatic heterocycles. The van der Waals surface area contributed by atoms with Gasteiger partial charge in [-0.15, -0.1) is 0 Å². The molecule has 0 saturated carbocycles. The summed E-state index contributed by atoms with van der Waals surface area (Å²) >= 11 is 4.09. The van der Waals surface area contributed by atoms with E-state index in [0.29, 0.717) is 12.0 Å². The molecule has 0 aliphatic carbocycles. The van der Waals surface area contributed by atoms with Crippen molar-refractivity contribution < 1.29 is 24.6 Å². The first-order chi connectivity index (χ1) is 14.3. The van der Waals surface area contributed by atoms with E-state index < -0.39 is 35.9 Å². The van der Waals surface area contributed by atoms with Crippen molar-refractivity contribution in [2.75, 3.05) is 5.75 Å². The van der Waals surface area contributed by atoms with Crippen LogP contribution >= 0.6 is 12.6 Å². The van der Waals surface area contributed by atoms with Gasteiger partial charge in [-0.1, -0.05) is 42.5 Å². The molecule has 3 atom stereocenters. The number of carboxylic acid groups (broad SMARTS) is 1. The van der Waals surface area contributed by atoms with E-state index in [9.17, 15) is 24.6 Å². The van der Waals surface area contributed by atoms with Crippen LogP contribution in [0, 0.1) is 0 Å². The smallest absolute Gasteiger partial charge is 0.326 e. The van der Waals surface area contributed by atoms with Crippen molar-refractivity contribution >= 4 is 30.4 Å². The van der Waals surface area contributed by atoms with E-state index in [-0.39, 0.29) is 17.9 Å². The molecule has 0 heterocycles. The van der Waals surface area contributed by atoms with Crippen molar-refractivity contribution in [2.45, 2.75) is 31.0 Å². The number of nitrogens with one attached hydrogen (secondary N) is 2. The van der Waals surface area contributed by atoms with Gasteiger partial charge in [-0.05, 0) is 29.7 Å². The lowest BCUT2D eigenvalue weighted by molar-refractivity contribution is -0.142. The summed E-state index contributed by atoms with van der Waals surface area (Å²) in [4.78, 5) is 36.5. The Labute approximate surface area is 179 Å². The van der Waals surface area contributed by atoms with Crippen molar-refractivity contribution in [2.24, 2.45) is 5.73 Å². The summed E-state index contributed by atoms with van der Waals surface area (Å²) in [6.07, 6.45) is 0.314. The third-order valence-corrected chi connectivity index (χ3v) is 4.81. The summed E-state index contributed by atoms with van der Waals surface area (Å²) in [6.45, 7) is 0. The topological polar surface area (TPSA) is 142 Å². The normalized spacial score (nSPS) is 13.7. The number of nitrogens with two attached hydrogens (primary N) is 1. The molecule has 9 heteroatoms. The number of carbonyl (C=O) groups is 3. The lowest BCUT2D eigenvalue weighted by Crippen LogP contribution is -2.55. The third kappa shape index (κ3) is 7.09. The first-order valence-electron chi connectivity index (χ1n) is 9.32. The second-order valence-electron chi connectivity index (χ2n) is 6.81. The zero-order valence-corrected chi connectivity index (χ0v) is 17.1. The number of aliphatic carboxylic acids is 1. The third-order valence-electron chi connectivity index (χ3n) is 4.44. The van der Waals surface area contributed by atoms with Crippen LogP contribution in [0.2, 0.25) is 0 Å². The highest BCUT2D eigenvalue weighted by atomic mass is 32.1. The fourth-order valence-corrected chi connectivity index (χ4v) is 3.03. The van der Waals surface area contributed by atoms with Crippen LogP contribution in [0.5, 0.6) is 5.75 Å². The molecule has 0 bridgehead atoms. The van der Waals surface area contributed by atoms with Crippen LogP contribution in [0.25, 0.3) is 0 Å². The zero-order chi connectivity index (χ0) is 22.1. The molecule has 0 saturated heterocycles. The van der Waals surface area contributed by atoms with Crippen LogP contribution in [0.3, 0.4) is 0 Å². The summed E-state index contributed by atoms with van der Waals surface area (Å²) in [7, 11) is 0. The number of phenolic OH excluding ortho intramolecular Hbond substituents is 1. The quantitative estimate of drug-likeness (QED) is 0.302. The number of thiol groups is 1. The maximum Gasteiger partial charge on any atom is 0.326 e. The first kappa shape index (κ1) is 23.2. The van der Waals surface area contributed by atoms with Gasteiger partial charge in [0.1, 0.15) is 17.8 Å². The minimum atomic E-state index is -1.22. The van der Waals surface area contributed by atoms with Gasteiger partial charge in [0.05, 0.1) is 6.04 Å². The predicted molar refractivity (Wildman–Crippen MR) is 115 cm³/mol. The van der Waals surface area contributed by atoms with Crippen LogP contribution in [-0.4, -0.2) is 51.9 Å². The van der Waals surface area contributed by atoms with Crippen molar-refractivity contribution in [3.8, 4) is 5.75 Å². The highest BCUT2D eigenvalue weighted by molar-refractivity contribution is 7.80. The van der Waals surface area contributed by atoms with Crippen LogP contribution in [0.1, 0.15) is 11.1 Å². The van der Waals surface area contributed by atoms with E-state index in [1.54, 1.807) is 12.1 Å².